The first-order valence-electron chi connectivity index (χ1n) is 6.51. The van der Waals surface area contributed by atoms with E-state index in [9.17, 15) is 18.0 Å². The van der Waals surface area contributed by atoms with E-state index in [0.717, 1.165) is 0 Å². The van der Waals surface area contributed by atoms with Crippen LogP contribution in [0.15, 0.2) is 0 Å². The summed E-state index contributed by atoms with van der Waals surface area (Å²) in [6, 6.07) is 0. The van der Waals surface area contributed by atoms with Gasteiger partial charge in [0.05, 0.1) is 12.5 Å². The number of hydrogen-bond acceptors (Lipinski definition) is 5. The predicted octanol–water partition coefficient (Wildman–Crippen LogP) is 0.458. The van der Waals surface area contributed by atoms with Gasteiger partial charge >= 0.3 is 22.3 Å². The number of hydrogen-bond donors (Lipinski definition) is 3. The topological polar surface area (TPSA) is 122 Å². The van der Waals surface area contributed by atoms with Crippen LogP contribution in [0.25, 0.3) is 0 Å². The van der Waals surface area contributed by atoms with Crippen molar-refractivity contribution in [2.24, 2.45) is 11.8 Å². The van der Waals surface area contributed by atoms with Gasteiger partial charge in [-0.15, -0.1) is 0 Å². The molecule has 1 aliphatic rings. The van der Waals surface area contributed by atoms with Crippen LogP contribution in [0.4, 0.5) is 4.79 Å². The van der Waals surface area contributed by atoms with Gasteiger partial charge in [-0.2, -0.15) is 13.1 Å². The fourth-order valence-corrected chi connectivity index (χ4v) is 2.95. The van der Waals surface area contributed by atoms with E-state index in [4.69, 9.17) is 5.11 Å². The third kappa shape index (κ3) is 5.74. The molecule has 9 heteroatoms. The number of nitrogens with one attached hydrogen (secondary N) is 2. The van der Waals surface area contributed by atoms with Crippen LogP contribution in [-0.4, -0.2) is 38.7 Å². The van der Waals surface area contributed by atoms with Crippen LogP contribution >= 0.6 is 0 Å². The van der Waals surface area contributed by atoms with Gasteiger partial charge in [0.25, 0.3) is 0 Å². The molecule has 116 valence electrons. The Morgan fingerprint density at radius 2 is 1.85 bits per heavy atom. The van der Waals surface area contributed by atoms with Gasteiger partial charge in [-0.1, -0.05) is 0 Å². The first-order valence-corrected chi connectivity index (χ1v) is 7.99. The molecule has 0 aromatic rings. The van der Waals surface area contributed by atoms with Gasteiger partial charge in [0.2, 0.25) is 0 Å². The molecule has 1 aliphatic carbocycles. The van der Waals surface area contributed by atoms with Crippen molar-refractivity contribution in [3.8, 4) is 0 Å². The van der Waals surface area contributed by atoms with Crippen LogP contribution in [0.5, 0.6) is 0 Å². The number of amides is 1. The number of carbonyl (C=O) groups excluding carboxylic acids is 1. The maximum Gasteiger partial charge on any atom is 0.421 e. The lowest BCUT2D eigenvalue weighted by molar-refractivity contribution is -0.143. The summed E-state index contributed by atoms with van der Waals surface area (Å²) in [5.74, 6) is -1.04. The minimum Gasteiger partial charge on any atom is -0.481 e. The van der Waals surface area contributed by atoms with E-state index in [1.165, 1.54) is 0 Å². The SMILES string of the molecule is CCOC(=O)NS(=O)(=O)NCC1CCC(C(=O)O)CC1. The molecule has 1 amide bonds. The zero-order chi connectivity index (χ0) is 15.2. The molecule has 0 heterocycles. The minimum absolute atomic E-state index is 0.0839. The lowest BCUT2D eigenvalue weighted by Crippen LogP contribution is -2.42. The van der Waals surface area contributed by atoms with Crippen LogP contribution in [0.2, 0.25) is 0 Å². The molecule has 0 unspecified atom stereocenters. The smallest absolute Gasteiger partial charge is 0.421 e. The van der Waals surface area contributed by atoms with Crippen LogP contribution in [-0.2, 0) is 19.7 Å². The van der Waals surface area contributed by atoms with Crippen molar-refractivity contribution < 1.29 is 27.9 Å². The van der Waals surface area contributed by atoms with E-state index in [1.54, 1.807) is 11.6 Å². The summed E-state index contributed by atoms with van der Waals surface area (Å²) in [6.45, 7) is 1.84. The third-order valence-electron chi connectivity index (χ3n) is 3.25. The summed E-state index contributed by atoms with van der Waals surface area (Å²) in [6.07, 6.45) is 1.38. The summed E-state index contributed by atoms with van der Waals surface area (Å²) in [5, 5.41) is 8.86. The lowest BCUT2D eigenvalue weighted by atomic mass is 9.82. The van der Waals surface area contributed by atoms with Crippen molar-refractivity contribution in [2.45, 2.75) is 32.6 Å². The fraction of sp³-hybridized carbons (Fsp3) is 0.818. The van der Waals surface area contributed by atoms with Crippen LogP contribution in [0, 0.1) is 11.8 Å². The van der Waals surface area contributed by atoms with E-state index >= 15 is 0 Å². The van der Waals surface area contributed by atoms with Crippen LogP contribution < -0.4 is 9.44 Å². The molecule has 0 spiro atoms. The molecule has 1 rings (SSSR count). The highest BCUT2D eigenvalue weighted by Gasteiger charge is 2.26. The molecule has 0 saturated heterocycles. The molecular weight excluding hydrogens is 288 g/mol. The number of rotatable bonds is 6. The Morgan fingerprint density at radius 1 is 1.25 bits per heavy atom. The quantitative estimate of drug-likeness (QED) is 0.655. The Bertz CT molecular complexity index is 442. The molecule has 20 heavy (non-hydrogen) atoms. The average molecular weight is 308 g/mol. The number of carboxylic acid groups (broad SMARTS) is 1. The lowest BCUT2D eigenvalue weighted by Gasteiger charge is -2.26. The van der Waals surface area contributed by atoms with Crippen LogP contribution in [0.3, 0.4) is 0 Å². The Morgan fingerprint density at radius 3 is 2.35 bits per heavy atom. The molecule has 0 radical (unpaired) electrons. The standard InChI is InChI=1S/C11H20N2O6S/c1-2-19-11(16)13-20(17,18)12-7-8-3-5-9(6-4-8)10(14)15/h8-9,12H,2-7H2,1H3,(H,13,16)(H,14,15). The highest BCUT2D eigenvalue weighted by Crippen LogP contribution is 2.28. The summed E-state index contributed by atoms with van der Waals surface area (Å²) in [5.41, 5.74) is 0. The van der Waals surface area contributed by atoms with Crippen molar-refractivity contribution in [1.29, 1.82) is 0 Å². The van der Waals surface area contributed by atoms with E-state index < -0.39 is 22.3 Å². The highest BCUT2D eigenvalue weighted by atomic mass is 32.2. The molecular formula is C11H20N2O6S. The van der Waals surface area contributed by atoms with Crippen molar-refractivity contribution in [3.05, 3.63) is 0 Å². The van der Waals surface area contributed by atoms with Gasteiger partial charge in [0.1, 0.15) is 0 Å². The molecule has 0 aliphatic heterocycles. The van der Waals surface area contributed by atoms with Crippen molar-refractivity contribution in [2.75, 3.05) is 13.2 Å². The summed E-state index contributed by atoms with van der Waals surface area (Å²) >= 11 is 0. The number of ether oxygens (including phenoxy) is 1. The maximum atomic E-state index is 11.5. The number of carboxylic acids is 1. The second-order valence-electron chi connectivity index (χ2n) is 4.73. The normalized spacial score (nSPS) is 23.1. The molecule has 0 bridgehead atoms. The summed E-state index contributed by atoms with van der Waals surface area (Å²) < 4.78 is 31.5. The van der Waals surface area contributed by atoms with Crippen LogP contribution in [0.1, 0.15) is 32.6 Å². The van der Waals surface area contributed by atoms with Crippen molar-refractivity contribution in [3.63, 3.8) is 0 Å². The Balaban J connectivity index is 2.33. The highest BCUT2D eigenvalue weighted by molar-refractivity contribution is 7.88. The number of aliphatic carboxylic acids is 1. The van der Waals surface area contributed by atoms with Gasteiger partial charge in [-0.25, -0.2) is 9.52 Å². The van der Waals surface area contributed by atoms with E-state index in [2.05, 4.69) is 9.46 Å². The molecule has 0 aromatic heterocycles. The van der Waals surface area contributed by atoms with E-state index in [1.807, 2.05) is 0 Å². The first kappa shape index (κ1) is 16.7. The molecule has 1 fully saturated rings. The Hall–Kier alpha value is -1.35. The van der Waals surface area contributed by atoms with Gasteiger partial charge in [0, 0.05) is 6.54 Å². The zero-order valence-electron chi connectivity index (χ0n) is 11.3. The fourth-order valence-electron chi connectivity index (χ4n) is 2.15. The molecule has 0 atom stereocenters. The molecule has 3 N–H and O–H groups in total. The van der Waals surface area contributed by atoms with Crippen molar-refractivity contribution in [1.82, 2.24) is 9.44 Å². The minimum atomic E-state index is -3.92. The summed E-state index contributed by atoms with van der Waals surface area (Å²) in [7, 11) is -3.92. The van der Waals surface area contributed by atoms with Gasteiger partial charge < -0.3 is 9.84 Å². The maximum absolute atomic E-state index is 11.5. The van der Waals surface area contributed by atoms with Gasteiger partial charge in [-0.05, 0) is 38.5 Å². The second-order valence-corrected chi connectivity index (χ2v) is 6.23. The zero-order valence-corrected chi connectivity index (χ0v) is 12.1. The predicted molar refractivity (Wildman–Crippen MR) is 70.2 cm³/mol. The van der Waals surface area contributed by atoms with Gasteiger partial charge in [0.15, 0.2) is 0 Å². The van der Waals surface area contributed by atoms with Gasteiger partial charge in [-0.3, -0.25) is 4.79 Å². The van der Waals surface area contributed by atoms with E-state index in [0.29, 0.717) is 25.7 Å². The van der Waals surface area contributed by atoms with E-state index in [-0.39, 0.29) is 25.0 Å². The third-order valence-corrected chi connectivity index (χ3v) is 4.23. The summed E-state index contributed by atoms with van der Waals surface area (Å²) in [4.78, 5) is 21.8. The number of carbonyl (C=O) groups is 2. The first-order chi connectivity index (χ1) is 9.34. The largest absolute Gasteiger partial charge is 0.481 e. The second kappa shape index (κ2) is 7.44. The Kier molecular flexibility index (Phi) is 6.21. The Labute approximate surface area is 118 Å². The molecule has 1 saturated carbocycles. The average Bonchev–Trinajstić information content (AvgIpc) is 2.36. The molecule has 0 aromatic carbocycles. The van der Waals surface area contributed by atoms with Crippen molar-refractivity contribution >= 4 is 22.3 Å². The molecule has 8 nitrogen and oxygen atoms in total. The monoisotopic (exact) mass is 308 g/mol.